The van der Waals surface area contributed by atoms with Crippen LogP contribution in [0.1, 0.15) is 42.1 Å². The van der Waals surface area contributed by atoms with E-state index in [-0.39, 0.29) is 0 Å². The zero-order valence-electron chi connectivity index (χ0n) is 15.9. The van der Waals surface area contributed by atoms with Gasteiger partial charge in [0.2, 0.25) is 0 Å². The van der Waals surface area contributed by atoms with Crippen molar-refractivity contribution in [3.8, 4) is 11.5 Å². The van der Waals surface area contributed by atoms with Gasteiger partial charge in [-0.25, -0.2) is 0 Å². The summed E-state index contributed by atoms with van der Waals surface area (Å²) in [5.41, 5.74) is 3.37. The number of hydrogen-bond acceptors (Lipinski definition) is 4. The molecule has 0 radical (unpaired) electrons. The number of ether oxygens (including phenoxy) is 2. The first kappa shape index (κ1) is 16.6. The number of pyridine rings is 1. The number of hydrogen-bond donors (Lipinski definition) is 0. The van der Waals surface area contributed by atoms with Crippen molar-refractivity contribution in [1.82, 2.24) is 14.6 Å². The molecule has 5 heteroatoms. The molecule has 0 spiro atoms. The van der Waals surface area contributed by atoms with Crippen LogP contribution in [0.2, 0.25) is 0 Å². The Morgan fingerprint density at radius 3 is 2.67 bits per heavy atom. The van der Waals surface area contributed by atoms with Gasteiger partial charge >= 0.3 is 0 Å². The summed E-state index contributed by atoms with van der Waals surface area (Å²) >= 11 is 0. The fourth-order valence-electron chi connectivity index (χ4n) is 3.88. The molecule has 0 bridgehead atoms. The van der Waals surface area contributed by atoms with Crippen LogP contribution in [0, 0.1) is 18.8 Å². The lowest BCUT2D eigenvalue weighted by molar-refractivity contribution is 0.295. The third kappa shape index (κ3) is 3.27. The van der Waals surface area contributed by atoms with Crippen LogP contribution in [0.3, 0.4) is 0 Å². The molecule has 5 rings (SSSR count). The number of nitrogens with zero attached hydrogens (tertiary/aromatic N) is 3. The third-order valence-corrected chi connectivity index (χ3v) is 5.93. The Hall–Kier alpha value is -2.56. The Labute approximate surface area is 159 Å². The van der Waals surface area contributed by atoms with E-state index in [1.807, 2.05) is 12.1 Å². The van der Waals surface area contributed by atoms with Gasteiger partial charge in [-0.15, -0.1) is 10.2 Å². The maximum Gasteiger partial charge on any atom is 0.167 e. The van der Waals surface area contributed by atoms with Gasteiger partial charge in [0.05, 0.1) is 13.7 Å². The quantitative estimate of drug-likeness (QED) is 0.632. The molecule has 0 amide bonds. The highest BCUT2D eigenvalue weighted by Gasteiger charge is 2.39. The minimum Gasteiger partial charge on any atom is -0.497 e. The fraction of sp³-hybridized carbons (Fsp3) is 0.455. The number of rotatable bonds is 7. The third-order valence-electron chi connectivity index (χ3n) is 5.93. The van der Waals surface area contributed by atoms with Crippen LogP contribution in [-0.4, -0.2) is 28.3 Å². The van der Waals surface area contributed by atoms with Crippen molar-refractivity contribution in [2.45, 2.75) is 38.5 Å². The zero-order chi connectivity index (χ0) is 18.4. The largest absolute Gasteiger partial charge is 0.497 e. The smallest absolute Gasteiger partial charge is 0.167 e. The summed E-state index contributed by atoms with van der Waals surface area (Å²) in [6, 6.07) is 10.5. The van der Waals surface area contributed by atoms with E-state index in [9.17, 15) is 0 Å². The van der Waals surface area contributed by atoms with Gasteiger partial charge in [-0.1, -0.05) is 12.1 Å². The molecule has 0 N–H and O–H groups in total. The van der Waals surface area contributed by atoms with Crippen LogP contribution < -0.4 is 9.47 Å². The van der Waals surface area contributed by atoms with E-state index in [2.05, 4.69) is 45.9 Å². The van der Waals surface area contributed by atoms with Gasteiger partial charge in [0.15, 0.2) is 5.65 Å². The van der Waals surface area contributed by atoms with Gasteiger partial charge in [-0.05, 0) is 61.8 Å². The van der Waals surface area contributed by atoms with E-state index in [0.29, 0.717) is 11.8 Å². The minimum atomic E-state index is 0.581. The van der Waals surface area contributed by atoms with Crippen molar-refractivity contribution in [3.05, 3.63) is 53.5 Å². The highest BCUT2D eigenvalue weighted by atomic mass is 16.5. The predicted octanol–water partition coefficient (Wildman–Crippen LogP) is 4.18. The second-order valence-electron chi connectivity index (χ2n) is 7.95. The predicted molar refractivity (Wildman–Crippen MR) is 103 cm³/mol. The Bertz CT molecular complexity index is 960. The summed E-state index contributed by atoms with van der Waals surface area (Å²) in [5.74, 6) is 4.89. The molecular weight excluding hydrogens is 338 g/mol. The number of aryl methyl sites for hydroxylation is 1. The van der Waals surface area contributed by atoms with E-state index in [0.717, 1.165) is 47.5 Å². The maximum absolute atomic E-state index is 6.16. The van der Waals surface area contributed by atoms with Crippen LogP contribution in [0.15, 0.2) is 36.5 Å². The van der Waals surface area contributed by atoms with E-state index in [1.165, 1.54) is 24.8 Å². The lowest BCUT2D eigenvalue weighted by Crippen LogP contribution is -2.04. The average molecular weight is 363 g/mol. The van der Waals surface area contributed by atoms with E-state index in [4.69, 9.17) is 9.47 Å². The topological polar surface area (TPSA) is 48.7 Å². The fourth-order valence-corrected chi connectivity index (χ4v) is 3.88. The van der Waals surface area contributed by atoms with Gasteiger partial charge in [-0.2, -0.15) is 0 Å². The van der Waals surface area contributed by atoms with Crippen molar-refractivity contribution >= 4 is 5.65 Å². The van der Waals surface area contributed by atoms with Gasteiger partial charge in [0.25, 0.3) is 0 Å². The van der Waals surface area contributed by atoms with E-state index < -0.39 is 0 Å². The van der Waals surface area contributed by atoms with Crippen LogP contribution in [0.25, 0.3) is 5.65 Å². The molecule has 2 aromatic heterocycles. The molecular formula is C22H25N3O2. The Morgan fingerprint density at radius 1 is 1.11 bits per heavy atom. The monoisotopic (exact) mass is 363 g/mol. The summed E-state index contributed by atoms with van der Waals surface area (Å²) in [4.78, 5) is 0. The standard InChI is InChI=1S/C22H25N3O2/c1-14-20(9-10-25-21(11-15-3-4-15)23-24-22(14)25)27-13-17-12-19(17)16-5-7-18(26-2)8-6-16/h5-10,15,17,19H,3-4,11-13H2,1-2H3/t17-,19-/m1/s1. The molecule has 140 valence electrons. The summed E-state index contributed by atoms with van der Waals surface area (Å²) in [7, 11) is 1.70. The van der Waals surface area contributed by atoms with Gasteiger partial charge in [0, 0.05) is 24.1 Å². The normalized spacial score (nSPS) is 21.4. The number of aromatic nitrogens is 3. The molecule has 0 aliphatic heterocycles. The highest BCUT2D eigenvalue weighted by molar-refractivity contribution is 5.54. The average Bonchev–Trinajstić information content (AvgIpc) is 3.61. The molecule has 2 fully saturated rings. The first-order chi connectivity index (χ1) is 13.2. The van der Waals surface area contributed by atoms with Crippen molar-refractivity contribution < 1.29 is 9.47 Å². The van der Waals surface area contributed by atoms with Crippen LogP contribution in [-0.2, 0) is 6.42 Å². The van der Waals surface area contributed by atoms with Crippen molar-refractivity contribution in [2.75, 3.05) is 13.7 Å². The zero-order valence-corrected chi connectivity index (χ0v) is 15.9. The van der Waals surface area contributed by atoms with E-state index >= 15 is 0 Å². The number of fused-ring (bicyclic) bond motifs is 1. The maximum atomic E-state index is 6.16. The minimum absolute atomic E-state index is 0.581. The molecule has 2 aliphatic carbocycles. The molecule has 5 nitrogen and oxygen atoms in total. The molecule has 0 unspecified atom stereocenters. The molecule has 3 aromatic rings. The Balaban J connectivity index is 1.24. The van der Waals surface area contributed by atoms with Gasteiger partial charge in [-0.3, -0.25) is 4.40 Å². The van der Waals surface area contributed by atoms with Crippen molar-refractivity contribution in [3.63, 3.8) is 0 Å². The van der Waals surface area contributed by atoms with Gasteiger partial charge < -0.3 is 9.47 Å². The second kappa shape index (κ2) is 6.55. The molecule has 0 saturated heterocycles. The summed E-state index contributed by atoms with van der Waals surface area (Å²) in [6.45, 7) is 2.82. The first-order valence-electron chi connectivity index (χ1n) is 9.83. The molecule has 2 atom stereocenters. The summed E-state index contributed by atoms with van der Waals surface area (Å²) in [5, 5.41) is 8.80. The lowest BCUT2D eigenvalue weighted by Gasteiger charge is -2.10. The lowest BCUT2D eigenvalue weighted by atomic mass is 10.1. The first-order valence-corrected chi connectivity index (χ1v) is 9.83. The van der Waals surface area contributed by atoms with Crippen LogP contribution in [0.4, 0.5) is 0 Å². The SMILES string of the molecule is COc1ccc([C@H]2C[C@@H]2COc2ccn3c(CC4CC4)nnc3c2C)cc1. The van der Waals surface area contributed by atoms with Crippen molar-refractivity contribution in [2.24, 2.45) is 11.8 Å². The van der Waals surface area contributed by atoms with Crippen molar-refractivity contribution in [1.29, 1.82) is 0 Å². The number of methoxy groups -OCH3 is 1. The molecule has 2 aliphatic rings. The number of benzene rings is 1. The Morgan fingerprint density at radius 2 is 1.93 bits per heavy atom. The molecule has 1 aromatic carbocycles. The summed E-state index contributed by atoms with van der Waals surface area (Å²) in [6.07, 6.45) is 6.93. The summed E-state index contributed by atoms with van der Waals surface area (Å²) < 4.78 is 13.5. The molecule has 27 heavy (non-hydrogen) atoms. The van der Waals surface area contributed by atoms with Crippen LogP contribution >= 0.6 is 0 Å². The second-order valence-corrected chi connectivity index (χ2v) is 7.95. The molecule has 2 heterocycles. The van der Waals surface area contributed by atoms with Gasteiger partial charge in [0.1, 0.15) is 17.3 Å². The highest BCUT2D eigenvalue weighted by Crippen LogP contribution is 2.48. The molecule has 2 saturated carbocycles. The van der Waals surface area contributed by atoms with E-state index in [1.54, 1.807) is 7.11 Å². The Kier molecular flexibility index (Phi) is 4.03. The van der Waals surface area contributed by atoms with Crippen LogP contribution in [0.5, 0.6) is 11.5 Å².